The summed E-state index contributed by atoms with van der Waals surface area (Å²) in [6.07, 6.45) is 1.76. The van der Waals surface area contributed by atoms with Crippen LogP contribution in [0.3, 0.4) is 0 Å². The van der Waals surface area contributed by atoms with E-state index >= 15 is 0 Å². The Bertz CT molecular complexity index is 997. The number of carbonyl (C=O) groups is 1. The molecule has 1 aliphatic rings. The standard InChI is InChI=1S/C20H17N5O/c21-13-15-4-3-6-16(12-15)20(26)25-10-8-24(9-11-25)19-18-7-2-1-5-17(18)14-22-23-19/h1-7,12,14H,8-11H2. The van der Waals surface area contributed by atoms with E-state index in [0.717, 1.165) is 16.6 Å². The Morgan fingerprint density at radius 3 is 2.65 bits per heavy atom. The highest BCUT2D eigenvalue weighted by molar-refractivity contribution is 5.95. The van der Waals surface area contributed by atoms with Crippen LogP contribution in [-0.2, 0) is 0 Å². The molecule has 0 aliphatic carbocycles. The minimum absolute atomic E-state index is 0.0363. The number of nitriles is 1. The lowest BCUT2D eigenvalue weighted by Crippen LogP contribution is -2.49. The lowest BCUT2D eigenvalue weighted by atomic mass is 10.1. The molecule has 0 saturated carbocycles. The number of carbonyl (C=O) groups excluding carboxylic acids is 1. The van der Waals surface area contributed by atoms with Gasteiger partial charge in [0.1, 0.15) is 0 Å². The number of fused-ring (bicyclic) bond motifs is 1. The fraction of sp³-hybridized carbons (Fsp3) is 0.200. The monoisotopic (exact) mass is 343 g/mol. The molecule has 0 spiro atoms. The molecule has 6 nitrogen and oxygen atoms in total. The van der Waals surface area contributed by atoms with Gasteiger partial charge in [-0.05, 0) is 18.2 Å². The van der Waals surface area contributed by atoms with Gasteiger partial charge in [-0.3, -0.25) is 4.79 Å². The SMILES string of the molecule is N#Cc1cccc(C(=O)N2CCN(c3nncc4ccccc34)CC2)c1. The molecular weight excluding hydrogens is 326 g/mol. The maximum absolute atomic E-state index is 12.7. The second-order valence-corrected chi connectivity index (χ2v) is 6.23. The Kier molecular flexibility index (Phi) is 4.20. The predicted octanol–water partition coefficient (Wildman–Crippen LogP) is 2.46. The summed E-state index contributed by atoms with van der Waals surface area (Å²) in [4.78, 5) is 16.7. The van der Waals surface area contributed by atoms with Gasteiger partial charge in [-0.2, -0.15) is 10.4 Å². The van der Waals surface area contributed by atoms with E-state index in [2.05, 4.69) is 21.2 Å². The zero-order valence-corrected chi connectivity index (χ0v) is 14.2. The smallest absolute Gasteiger partial charge is 0.254 e. The lowest BCUT2D eigenvalue weighted by molar-refractivity contribution is 0.0746. The Morgan fingerprint density at radius 2 is 1.85 bits per heavy atom. The van der Waals surface area contributed by atoms with Crippen molar-refractivity contribution >= 4 is 22.5 Å². The first kappa shape index (κ1) is 16.0. The molecular formula is C20H17N5O. The first-order valence-electron chi connectivity index (χ1n) is 8.51. The highest BCUT2D eigenvalue weighted by Gasteiger charge is 2.24. The average Bonchev–Trinajstić information content (AvgIpc) is 2.73. The van der Waals surface area contributed by atoms with Gasteiger partial charge in [-0.1, -0.05) is 30.3 Å². The molecule has 0 atom stereocenters. The molecule has 1 amide bonds. The van der Waals surface area contributed by atoms with Crippen molar-refractivity contribution in [2.75, 3.05) is 31.1 Å². The van der Waals surface area contributed by atoms with Crippen molar-refractivity contribution < 1.29 is 4.79 Å². The number of anilines is 1. The van der Waals surface area contributed by atoms with Crippen molar-refractivity contribution in [3.63, 3.8) is 0 Å². The van der Waals surface area contributed by atoms with Gasteiger partial charge in [-0.25, -0.2) is 0 Å². The van der Waals surface area contributed by atoms with Crippen molar-refractivity contribution in [2.24, 2.45) is 0 Å². The minimum atomic E-state index is -0.0363. The molecule has 3 aromatic rings. The Labute approximate surface area is 151 Å². The normalized spacial score (nSPS) is 14.3. The zero-order chi connectivity index (χ0) is 17.9. The third-order valence-electron chi connectivity index (χ3n) is 4.66. The zero-order valence-electron chi connectivity index (χ0n) is 14.2. The van der Waals surface area contributed by atoms with E-state index in [-0.39, 0.29) is 5.91 Å². The molecule has 2 heterocycles. The summed E-state index contributed by atoms with van der Waals surface area (Å²) in [5.74, 6) is 0.826. The average molecular weight is 343 g/mol. The van der Waals surface area contributed by atoms with Crippen molar-refractivity contribution in [1.29, 1.82) is 5.26 Å². The van der Waals surface area contributed by atoms with Crippen LogP contribution in [0, 0.1) is 11.3 Å². The van der Waals surface area contributed by atoms with E-state index in [1.165, 1.54) is 0 Å². The largest absolute Gasteiger partial charge is 0.351 e. The molecule has 128 valence electrons. The number of hydrogen-bond acceptors (Lipinski definition) is 5. The van der Waals surface area contributed by atoms with E-state index < -0.39 is 0 Å². The van der Waals surface area contributed by atoms with Crippen LogP contribution in [-0.4, -0.2) is 47.2 Å². The highest BCUT2D eigenvalue weighted by atomic mass is 16.2. The summed E-state index contributed by atoms with van der Waals surface area (Å²) in [6, 6.07) is 17.0. The number of rotatable bonds is 2. The topological polar surface area (TPSA) is 73.1 Å². The fourth-order valence-corrected chi connectivity index (χ4v) is 3.27. The third kappa shape index (κ3) is 2.95. The van der Waals surface area contributed by atoms with Gasteiger partial charge in [0.2, 0.25) is 0 Å². The molecule has 0 unspecified atom stereocenters. The summed E-state index contributed by atoms with van der Waals surface area (Å²) in [7, 11) is 0. The maximum atomic E-state index is 12.7. The molecule has 0 radical (unpaired) electrons. The van der Waals surface area contributed by atoms with Crippen molar-refractivity contribution in [3.8, 4) is 6.07 Å². The molecule has 1 saturated heterocycles. The molecule has 6 heteroatoms. The summed E-state index contributed by atoms with van der Waals surface area (Å²) in [6.45, 7) is 2.62. The van der Waals surface area contributed by atoms with Crippen LogP contribution >= 0.6 is 0 Å². The van der Waals surface area contributed by atoms with Gasteiger partial charge in [0.15, 0.2) is 5.82 Å². The minimum Gasteiger partial charge on any atom is -0.351 e. The summed E-state index contributed by atoms with van der Waals surface area (Å²) < 4.78 is 0. The van der Waals surface area contributed by atoms with Crippen LogP contribution in [0.1, 0.15) is 15.9 Å². The molecule has 0 bridgehead atoms. The predicted molar refractivity (Wildman–Crippen MR) is 98.8 cm³/mol. The van der Waals surface area contributed by atoms with Crippen LogP contribution < -0.4 is 4.90 Å². The number of nitrogens with zero attached hydrogens (tertiary/aromatic N) is 5. The highest BCUT2D eigenvalue weighted by Crippen LogP contribution is 2.24. The third-order valence-corrected chi connectivity index (χ3v) is 4.66. The Morgan fingerprint density at radius 1 is 1.04 bits per heavy atom. The quantitative estimate of drug-likeness (QED) is 0.715. The van der Waals surface area contributed by atoms with Gasteiger partial charge in [0, 0.05) is 42.5 Å². The second kappa shape index (κ2) is 6.81. The van der Waals surface area contributed by atoms with Crippen LogP contribution in [0.5, 0.6) is 0 Å². The first-order valence-corrected chi connectivity index (χ1v) is 8.51. The van der Waals surface area contributed by atoms with Crippen LogP contribution in [0.25, 0.3) is 10.8 Å². The molecule has 2 aromatic carbocycles. The van der Waals surface area contributed by atoms with E-state index in [9.17, 15) is 4.79 Å². The van der Waals surface area contributed by atoms with Gasteiger partial charge in [-0.15, -0.1) is 5.10 Å². The van der Waals surface area contributed by atoms with Gasteiger partial charge in [0.25, 0.3) is 5.91 Å². The van der Waals surface area contributed by atoms with Crippen LogP contribution in [0.4, 0.5) is 5.82 Å². The fourth-order valence-electron chi connectivity index (χ4n) is 3.27. The van der Waals surface area contributed by atoms with Crippen molar-refractivity contribution in [3.05, 3.63) is 65.9 Å². The molecule has 4 rings (SSSR count). The number of aromatic nitrogens is 2. The number of amides is 1. The number of benzene rings is 2. The van der Waals surface area contributed by atoms with E-state index in [4.69, 9.17) is 5.26 Å². The van der Waals surface area contributed by atoms with Gasteiger partial charge >= 0.3 is 0 Å². The van der Waals surface area contributed by atoms with E-state index in [1.807, 2.05) is 29.2 Å². The van der Waals surface area contributed by atoms with E-state index in [1.54, 1.807) is 30.5 Å². The summed E-state index contributed by atoms with van der Waals surface area (Å²) >= 11 is 0. The molecule has 26 heavy (non-hydrogen) atoms. The lowest BCUT2D eigenvalue weighted by Gasteiger charge is -2.35. The molecule has 1 aliphatic heterocycles. The number of hydrogen-bond donors (Lipinski definition) is 0. The summed E-state index contributed by atoms with van der Waals surface area (Å²) in [5, 5.41) is 19.6. The maximum Gasteiger partial charge on any atom is 0.254 e. The van der Waals surface area contributed by atoms with Crippen molar-refractivity contribution in [2.45, 2.75) is 0 Å². The van der Waals surface area contributed by atoms with Gasteiger partial charge in [0.05, 0.1) is 17.8 Å². The molecule has 0 N–H and O–H groups in total. The molecule has 1 fully saturated rings. The Balaban J connectivity index is 1.50. The number of piperazine rings is 1. The van der Waals surface area contributed by atoms with Crippen molar-refractivity contribution in [1.82, 2.24) is 15.1 Å². The second-order valence-electron chi connectivity index (χ2n) is 6.23. The van der Waals surface area contributed by atoms with Gasteiger partial charge < -0.3 is 9.80 Å². The Hall–Kier alpha value is -3.46. The first-order chi connectivity index (χ1) is 12.8. The summed E-state index contributed by atoms with van der Waals surface area (Å²) in [5.41, 5.74) is 1.06. The van der Waals surface area contributed by atoms with Crippen LogP contribution in [0.2, 0.25) is 0 Å². The van der Waals surface area contributed by atoms with Crippen LogP contribution in [0.15, 0.2) is 54.7 Å². The molecule has 1 aromatic heterocycles. The van der Waals surface area contributed by atoms with E-state index in [0.29, 0.717) is 37.3 Å².